The SMILES string of the molecule is CC[C@H](C)[C@@H]([C@@H](CC(=O)N1CCC[C@H]1[C@H](OC)[C@@H](C)C(=O)NS(=O)(=O)c1ccc(N)cc1)OC)N(C)C(=O)[C@@H](NC(=O)[C@H](C(C)C)N(C)C(=O)O)C(C)C. The molecule has 1 aliphatic heterocycles. The van der Waals surface area contributed by atoms with Crippen LogP contribution >= 0.6 is 0 Å². The van der Waals surface area contributed by atoms with Gasteiger partial charge in [-0.2, -0.15) is 0 Å². The number of anilines is 1. The van der Waals surface area contributed by atoms with Crippen LogP contribution in [0.3, 0.4) is 0 Å². The first-order chi connectivity index (χ1) is 25.1. The molecule has 0 spiro atoms. The summed E-state index contributed by atoms with van der Waals surface area (Å²) in [6.45, 7) is 12.9. The molecule has 0 unspecified atom stereocenters. The molecule has 0 aliphatic carbocycles. The van der Waals surface area contributed by atoms with Crippen molar-refractivity contribution < 1.29 is 47.0 Å². The van der Waals surface area contributed by atoms with Crippen LogP contribution in [0.5, 0.6) is 0 Å². The van der Waals surface area contributed by atoms with Crippen LogP contribution < -0.4 is 15.8 Å². The van der Waals surface area contributed by atoms with E-state index < -0.39 is 76.1 Å². The van der Waals surface area contributed by atoms with Crippen LogP contribution in [0.1, 0.15) is 74.1 Å². The Bertz CT molecular complexity index is 1560. The van der Waals surface area contributed by atoms with Crippen LogP contribution in [0.4, 0.5) is 10.5 Å². The topological polar surface area (TPSA) is 218 Å². The summed E-state index contributed by atoms with van der Waals surface area (Å²) in [6.07, 6.45) is -1.20. The van der Waals surface area contributed by atoms with Crippen LogP contribution in [0.15, 0.2) is 29.2 Å². The van der Waals surface area contributed by atoms with Crippen LogP contribution in [0.25, 0.3) is 0 Å². The molecule has 2 rings (SSSR count). The number of nitrogen functional groups attached to an aromatic ring is 1. The van der Waals surface area contributed by atoms with Gasteiger partial charge in [0.05, 0.1) is 41.5 Å². The van der Waals surface area contributed by atoms with Gasteiger partial charge in [0.1, 0.15) is 12.1 Å². The summed E-state index contributed by atoms with van der Waals surface area (Å²) in [5.41, 5.74) is 6.04. The number of hydrogen-bond donors (Lipinski definition) is 4. The summed E-state index contributed by atoms with van der Waals surface area (Å²) in [6, 6.07) is 2.28. The fraction of sp³-hybridized carbons (Fsp3) is 0.703. The molecule has 1 aliphatic rings. The minimum Gasteiger partial charge on any atom is -0.465 e. The molecule has 16 nitrogen and oxygen atoms in total. The normalized spacial score (nSPS) is 18.6. The van der Waals surface area contributed by atoms with Crippen molar-refractivity contribution in [3.8, 4) is 0 Å². The highest BCUT2D eigenvalue weighted by atomic mass is 32.2. The second-order valence-corrected chi connectivity index (χ2v) is 16.6. The number of sulfonamides is 1. The molecule has 1 heterocycles. The quantitative estimate of drug-likeness (QED) is 0.150. The van der Waals surface area contributed by atoms with Gasteiger partial charge in [-0.25, -0.2) is 17.9 Å². The second kappa shape index (κ2) is 20.1. The molecule has 17 heteroatoms. The Labute approximate surface area is 320 Å². The fourth-order valence-corrected chi connectivity index (χ4v) is 8.32. The number of nitrogens with zero attached hydrogens (tertiary/aromatic N) is 3. The number of carbonyl (C=O) groups excluding carboxylic acids is 4. The van der Waals surface area contributed by atoms with E-state index in [0.717, 1.165) is 4.90 Å². The van der Waals surface area contributed by atoms with Gasteiger partial charge in [0.15, 0.2) is 0 Å². The number of likely N-dealkylation sites (tertiary alicyclic amines) is 1. The van der Waals surface area contributed by atoms with E-state index in [9.17, 15) is 37.5 Å². The lowest BCUT2D eigenvalue weighted by Gasteiger charge is -2.41. The number of nitrogens with two attached hydrogens (primary N) is 1. The number of benzene rings is 1. The highest BCUT2D eigenvalue weighted by Crippen LogP contribution is 2.30. The maximum atomic E-state index is 14.2. The van der Waals surface area contributed by atoms with E-state index in [1.807, 2.05) is 13.8 Å². The summed E-state index contributed by atoms with van der Waals surface area (Å²) in [4.78, 5) is 70.7. The third-order valence-corrected chi connectivity index (χ3v) is 11.9. The number of likely N-dealkylation sites (N-methyl/N-ethyl adjacent to an activating group) is 2. The number of amides is 5. The molecule has 0 bridgehead atoms. The van der Waals surface area contributed by atoms with Crippen molar-refractivity contribution in [2.24, 2.45) is 23.7 Å². The van der Waals surface area contributed by atoms with Crippen molar-refractivity contribution in [2.75, 3.05) is 40.6 Å². The average molecular weight is 783 g/mol. The zero-order valence-electron chi connectivity index (χ0n) is 33.6. The smallest absolute Gasteiger partial charge is 0.407 e. The number of carbonyl (C=O) groups is 5. The third-order valence-electron chi connectivity index (χ3n) is 10.5. The molecule has 0 saturated carbocycles. The van der Waals surface area contributed by atoms with Crippen molar-refractivity contribution in [2.45, 2.75) is 115 Å². The highest BCUT2D eigenvalue weighted by Gasteiger charge is 2.43. The molecule has 54 heavy (non-hydrogen) atoms. The molecule has 1 aromatic rings. The molecule has 8 atom stereocenters. The number of ether oxygens (including phenoxy) is 2. The van der Waals surface area contributed by atoms with Gasteiger partial charge in [-0.1, -0.05) is 54.9 Å². The summed E-state index contributed by atoms with van der Waals surface area (Å²) >= 11 is 0. The summed E-state index contributed by atoms with van der Waals surface area (Å²) < 4.78 is 39.7. The maximum Gasteiger partial charge on any atom is 0.407 e. The van der Waals surface area contributed by atoms with Gasteiger partial charge in [0.2, 0.25) is 23.6 Å². The minimum absolute atomic E-state index is 0.111. The van der Waals surface area contributed by atoms with Gasteiger partial charge in [0.25, 0.3) is 10.0 Å². The van der Waals surface area contributed by atoms with Crippen molar-refractivity contribution in [3.05, 3.63) is 24.3 Å². The Morgan fingerprint density at radius 2 is 1.54 bits per heavy atom. The summed E-state index contributed by atoms with van der Waals surface area (Å²) in [5, 5.41) is 12.4. The third kappa shape index (κ3) is 11.3. The lowest BCUT2D eigenvalue weighted by molar-refractivity contribution is -0.148. The van der Waals surface area contributed by atoms with Crippen molar-refractivity contribution in [1.29, 1.82) is 0 Å². The van der Waals surface area contributed by atoms with Gasteiger partial charge in [-0.05, 0) is 54.9 Å². The van der Waals surface area contributed by atoms with E-state index in [1.165, 1.54) is 50.4 Å². The summed E-state index contributed by atoms with van der Waals surface area (Å²) in [5.74, 6) is -3.90. The zero-order valence-corrected chi connectivity index (χ0v) is 34.4. The van der Waals surface area contributed by atoms with Gasteiger partial charge in [0, 0.05) is 40.5 Å². The zero-order chi connectivity index (χ0) is 41.2. The Hall–Kier alpha value is -3.96. The van der Waals surface area contributed by atoms with Crippen molar-refractivity contribution >= 4 is 45.4 Å². The van der Waals surface area contributed by atoms with E-state index in [4.69, 9.17) is 15.2 Å². The van der Waals surface area contributed by atoms with Crippen LogP contribution in [0.2, 0.25) is 0 Å². The second-order valence-electron chi connectivity index (χ2n) is 14.9. The molecule has 1 aromatic carbocycles. The predicted octanol–water partition coefficient (Wildman–Crippen LogP) is 2.77. The molecule has 306 valence electrons. The van der Waals surface area contributed by atoms with Gasteiger partial charge in [-0.3, -0.25) is 24.1 Å². The van der Waals surface area contributed by atoms with Crippen LogP contribution in [0, 0.1) is 23.7 Å². The lowest BCUT2D eigenvalue weighted by Crippen LogP contribution is -2.60. The fourth-order valence-electron chi connectivity index (χ4n) is 7.25. The van der Waals surface area contributed by atoms with E-state index >= 15 is 0 Å². The number of nitrogens with one attached hydrogen (secondary N) is 2. The van der Waals surface area contributed by atoms with E-state index in [2.05, 4.69) is 10.0 Å². The van der Waals surface area contributed by atoms with Gasteiger partial charge in [-0.15, -0.1) is 0 Å². The molecule has 1 saturated heterocycles. The molecular weight excluding hydrogens is 721 g/mol. The largest absolute Gasteiger partial charge is 0.465 e. The van der Waals surface area contributed by atoms with E-state index in [-0.39, 0.29) is 35.0 Å². The maximum absolute atomic E-state index is 14.2. The number of carboxylic acid groups (broad SMARTS) is 1. The molecular formula is C37H62N6O10S. The van der Waals surface area contributed by atoms with Crippen molar-refractivity contribution in [1.82, 2.24) is 24.7 Å². The first-order valence-corrected chi connectivity index (χ1v) is 19.9. The first-order valence-electron chi connectivity index (χ1n) is 18.4. The monoisotopic (exact) mass is 782 g/mol. The minimum atomic E-state index is -4.19. The Balaban J connectivity index is 2.31. The predicted molar refractivity (Wildman–Crippen MR) is 203 cm³/mol. The first kappa shape index (κ1) is 46.2. The number of methoxy groups -OCH3 is 2. The lowest BCUT2D eigenvalue weighted by atomic mass is 9.89. The van der Waals surface area contributed by atoms with E-state index in [1.54, 1.807) is 46.6 Å². The van der Waals surface area contributed by atoms with Gasteiger partial charge < -0.3 is 35.4 Å². The Kier molecular flexibility index (Phi) is 17.2. The number of rotatable bonds is 19. The molecule has 5 amide bonds. The van der Waals surface area contributed by atoms with Gasteiger partial charge >= 0.3 is 6.09 Å². The summed E-state index contributed by atoms with van der Waals surface area (Å²) in [7, 11) is 1.61. The Morgan fingerprint density at radius 1 is 0.944 bits per heavy atom. The molecule has 0 aromatic heterocycles. The highest BCUT2D eigenvalue weighted by molar-refractivity contribution is 7.90. The standard InChI is InChI=1S/C37H62N6O10S/c1-12-23(6)32(41(8)36(47)30(21(2)3)39-35(46)31(22(4)5)42(9)37(48)49)28(52-10)20-29(44)43-19-13-14-27(43)33(53-11)24(7)34(45)40-54(50,51)26-17-15-25(38)16-18-26/h15-18,21-24,27-28,30-33H,12-14,19-20,38H2,1-11H3,(H,39,46)(H,40,45)(H,48,49)/t23-,24+,27-,28+,30-,31-,32-,33+/m0/s1. The number of hydrogen-bond acceptors (Lipinski definition) is 10. The van der Waals surface area contributed by atoms with Crippen LogP contribution in [-0.4, -0.2) is 129 Å². The molecule has 5 N–H and O–H groups in total. The van der Waals surface area contributed by atoms with Crippen LogP contribution in [-0.2, 0) is 38.7 Å². The average Bonchev–Trinajstić information content (AvgIpc) is 3.59. The van der Waals surface area contributed by atoms with Crippen molar-refractivity contribution in [3.63, 3.8) is 0 Å². The molecule has 0 radical (unpaired) electrons. The molecule has 1 fully saturated rings. The van der Waals surface area contributed by atoms with E-state index in [0.29, 0.717) is 31.5 Å². The Morgan fingerprint density at radius 3 is 2.02 bits per heavy atom.